The minimum atomic E-state index is 0.524. The summed E-state index contributed by atoms with van der Waals surface area (Å²) in [6, 6.07) is 12.4. The molecule has 0 radical (unpaired) electrons. The van der Waals surface area contributed by atoms with Crippen molar-refractivity contribution in [1.29, 1.82) is 0 Å². The summed E-state index contributed by atoms with van der Waals surface area (Å²) in [5, 5.41) is 9.04. The Morgan fingerprint density at radius 3 is 2.50 bits per heavy atom. The zero-order valence-electron chi connectivity index (χ0n) is 13.7. The number of nitrogens with zero attached hydrogens (tertiary/aromatic N) is 2. The maximum Gasteiger partial charge on any atom is 0.247 e. The van der Waals surface area contributed by atoms with E-state index in [1.165, 1.54) is 10.5 Å². The number of thioether (sulfide) groups is 1. The summed E-state index contributed by atoms with van der Waals surface area (Å²) < 4.78 is 11.3. The average molecular weight is 336 g/mol. The summed E-state index contributed by atoms with van der Waals surface area (Å²) in [4.78, 5) is 1.29. The molecule has 2 aromatic heterocycles. The minimum absolute atomic E-state index is 0.524. The Hall–Kier alpha value is -2.53. The first-order valence-corrected chi connectivity index (χ1v) is 8.85. The molecule has 0 spiro atoms. The minimum Gasteiger partial charge on any atom is -0.464 e. The Morgan fingerprint density at radius 1 is 0.958 bits per heavy atom. The quantitative estimate of drug-likeness (QED) is 0.463. The van der Waals surface area contributed by atoms with Crippen molar-refractivity contribution in [3.05, 3.63) is 54.1 Å². The van der Waals surface area contributed by atoms with Crippen LogP contribution in [0.15, 0.2) is 56.4 Å². The summed E-state index contributed by atoms with van der Waals surface area (Å²) >= 11 is 1.76. The average Bonchev–Trinajstić information content (AvgIpc) is 3.20. The first-order valence-electron chi connectivity index (χ1n) is 7.62. The van der Waals surface area contributed by atoms with Gasteiger partial charge in [0.2, 0.25) is 11.8 Å². The predicted octanol–water partition coefficient (Wildman–Crippen LogP) is 5.49. The zero-order valence-corrected chi connectivity index (χ0v) is 14.5. The zero-order chi connectivity index (χ0) is 16.7. The standard InChI is InChI=1S/C19H16N2O2S/c1-11-8-13(5-7-18(11)24-3)16-10-22-17-6-4-14(9-15(16)17)19-21-20-12(2)23-19/h4-10H,1-3H3. The third kappa shape index (κ3) is 2.51. The van der Waals surface area contributed by atoms with Crippen LogP contribution in [0.25, 0.3) is 33.6 Å². The molecular formula is C19H16N2O2S. The Morgan fingerprint density at radius 2 is 1.79 bits per heavy atom. The van der Waals surface area contributed by atoms with E-state index in [2.05, 4.69) is 41.6 Å². The van der Waals surface area contributed by atoms with Gasteiger partial charge in [0.25, 0.3) is 0 Å². The van der Waals surface area contributed by atoms with Crippen LogP contribution in [0.3, 0.4) is 0 Å². The largest absolute Gasteiger partial charge is 0.464 e. The van der Waals surface area contributed by atoms with Crippen molar-refractivity contribution >= 4 is 22.7 Å². The van der Waals surface area contributed by atoms with Gasteiger partial charge >= 0.3 is 0 Å². The van der Waals surface area contributed by atoms with Crippen molar-refractivity contribution in [3.63, 3.8) is 0 Å². The number of aromatic nitrogens is 2. The van der Waals surface area contributed by atoms with Crippen LogP contribution in [0.1, 0.15) is 11.5 Å². The monoisotopic (exact) mass is 336 g/mol. The van der Waals surface area contributed by atoms with Gasteiger partial charge in [-0.25, -0.2) is 0 Å². The van der Waals surface area contributed by atoms with Gasteiger partial charge < -0.3 is 8.83 Å². The highest BCUT2D eigenvalue weighted by Crippen LogP contribution is 2.35. The second kappa shape index (κ2) is 5.83. The molecule has 0 bridgehead atoms. The smallest absolute Gasteiger partial charge is 0.247 e. The van der Waals surface area contributed by atoms with Gasteiger partial charge in [0, 0.05) is 28.3 Å². The summed E-state index contributed by atoms with van der Waals surface area (Å²) in [7, 11) is 0. The number of hydrogen-bond donors (Lipinski definition) is 0. The highest BCUT2D eigenvalue weighted by atomic mass is 32.2. The van der Waals surface area contributed by atoms with Gasteiger partial charge in [-0.05, 0) is 48.6 Å². The molecule has 0 saturated carbocycles. The Balaban J connectivity index is 1.85. The van der Waals surface area contributed by atoms with Crippen LogP contribution >= 0.6 is 11.8 Å². The second-order valence-corrected chi connectivity index (χ2v) is 6.52. The van der Waals surface area contributed by atoms with Crippen LogP contribution < -0.4 is 0 Å². The number of benzene rings is 2. The highest BCUT2D eigenvalue weighted by molar-refractivity contribution is 7.98. The molecule has 0 aliphatic carbocycles. The lowest BCUT2D eigenvalue weighted by Crippen LogP contribution is -1.83. The molecular weight excluding hydrogens is 320 g/mol. The predicted molar refractivity (Wildman–Crippen MR) is 96.2 cm³/mol. The molecule has 0 aliphatic heterocycles. The van der Waals surface area contributed by atoms with Crippen molar-refractivity contribution in [1.82, 2.24) is 10.2 Å². The van der Waals surface area contributed by atoms with E-state index >= 15 is 0 Å². The lowest BCUT2D eigenvalue weighted by Gasteiger charge is -2.05. The molecule has 24 heavy (non-hydrogen) atoms. The summed E-state index contributed by atoms with van der Waals surface area (Å²) in [6.45, 7) is 3.92. The molecule has 0 saturated heterocycles. The number of aryl methyl sites for hydroxylation is 2. The van der Waals surface area contributed by atoms with Gasteiger partial charge in [-0.3, -0.25) is 0 Å². The molecule has 0 atom stereocenters. The Kier molecular flexibility index (Phi) is 3.65. The van der Waals surface area contributed by atoms with E-state index in [1.807, 2.05) is 18.2 Å². The van der Waals surface area contributed by atoms with E-state index in [9.17, 15) is 0 Å². The molecule has 0 amide bonds. The Bertz CT molecular complexity index is 1030. The number of hydrogen-bond acceptors (Lipinski definition) is 5. The van der Waals surface area contributed by atoms with Gasteiger partial charge in [0.05, 0.1) is 6.26 Å². The normalized spacial score (nSPS) is 11.3. The van der Waals surface area contributed by atoms with Gasteiger partial charge in [0.1, 0.15) is 5.58 Å². The highest BCUT2D eigenvalue weighted by Gasteiger charge is 2.13. The molecule has 0 N–H and O–H groups in total. The molecule has 0 aliphatic rings. The van der Waals surface area contributed by atoms with Crippen LogP contribution in [-0.4, -0.2) is 16.5 Å². The molecule has 4 rings (SSSR count). The second-order valence-electron chi connectivity index (χ2n) is 5.67. The van der Waals surface area contributed by atoms with Gasteiger partial charge in [-0.1, -0.05) is 12.1 Å². The van der Waals surface area contributed by atoms with E-state index < -0.39 is 0 Å². The summed E-state index contributed by atoms with van der Waals surface area (Å²) in [5.74, 6) is 1.08. The van der Waals surface area contributed by atoms with Crippen molar-refractivity contribution in [3.8, 4) is 22.6 Å². The van der Waals surface area contributed by atoms with Crippen molar-refractivity contribution in [2.24, 2.45) is 0 Å². The molecule has 0 unspecified atom stereocenters. The fraction of sp³-hybridized carbons (Fsp3) is 0.158. The van der Waals surface area contributed by atoms with Crippen LogP contribution in [0, 0.1) is 13.8 Å². The number of furan rings is 1. The Labute approximate surface area is 143 Å². The van der Waals surface area contributed by atoms with Crippen molar-refractivity contribution in [2.75, 3.05) is 6.26 Å². The van der Waals surface area contributed by atoms with Gasteiger partial charge in [-0.2, -0.15) is 0 Å². The third-order valence-corrected chi connectivity index (χ3v) is 4.95. The van der Waals surface area contributed by atoms with Crippen LogP contribution in [0.4, 0.5) is 0 Å². The molecule has 5 heteroatoms. The van der Waals surface area contributed by atoms with E-state index in [0.717, 1.165) is 27.7 Å². The lowest BCUT2D eigenvalue weighted by molar-refractivity contribution is 0.533. The number of rotatable bonds is 3. The van der Waals surface area contributed by atoms with Crippen LogP contribution in [0.2, 0.25) is 0 Å². The molecule has 0 fully saturated rings. The van der Waals surface area contributed by atoms with Crippen molar-refractivity contribution < 1.29 is 8.83 Å². The topological polar surface area (TPSA) is 52.1 Å². The molecule has 4 aromatic rings. The third-order valence-electron chi connectivity index (χ3n) is 4.05. The maximum atomic E-state index is 5.72. The van der Waals surface area contributed by atoms with E-state index in [1.54, 1.807) is 24.9 Å². The first-order chi connectivity index (χ1) is 11.7. The molecule has 2 heterocycles. The SMILES string of the molecule is CSc1ccc(-c2coc3ccc(-c4nnc(C)o4)cc23)cc1C. The molecule has 2 aromatic carbocycles. The van der Waals surface area contributed by atoms with Crippen LogP contribution in [0.5, 0.6) is 0 Å². The lowest BCUT2D eigenvalue weighted by atomic mass is 10.0. The molecule has 120 valence electrons. The fourth-order valence-electron chi connectivity index (χ4n) is 2.84. The van der Waals surface area contributed by atoms with Gasteiger partial charge in [-0.15, -0.1) is 22.0 Å². The summed E-state index contributed by atoms with van der Waals surface area (Å²) in [6.07, 6.45) is 3.90. The van der Waals surface area contributed by atoms with E-state index in [4.69, 9.17) is 8.83 Å². The van der Waals surface area contributed by atoms with E-state index in [-0.39, 0.29) is 0 Å². The summed E-state index contributed by atoms with van der Waals surface area (Å²) in [5.41, 5.74) is 5.21. The molecule has 4 nitrogen and oxygen atoms in total. The maximum absolute atomic E-state index is 5.72. The van der Waals surface area contributed by atoms with Crippen molar-refractivity contribution in [2.45, 2.75) is 18.7 Å². The fourth-order valence-corrected chi connectivity index (χ4v) is 3.43. The van der Waals surface area contributed by atoms with E-state index in [0.29, 0.717) is 11.8 Å². The van der Waals surface area contributed by atoms with Gasteiger partial charge in [0.15, 0.2) is 0 Å². The number of fused-ring (bicyclic) bond motifs is 1. The van der Waals surface area contributed by atoms with Crippen LogP contribution in [-0.2, 0) is 0 Å². The first kappa shape index (κ1) is 15.0.